The van der Waals surface area contributed by atoms with Crippen molar-refractivity contribution in [3.05, 3.63) is 34.2 Å². The number of aliphatic hydroxyl groups is 3. The maximum Gasteiger partial charge on any atom is 0.341 e. The number of methoxy groups -OCH3 is 2. The van der Waals surface area contributed by atoms with Crippen LogP contribution < -0.4 is 15.8 Å². The number of esters is 2. The highest BCUT2D eigenvalue weighted by Gasteiger charge is 2.55. The Bertz CT molecular complexity index is 2410. The number of carbonyl (C=O) groups excluding carboxylic acids is 3. The van der Waals surface area contributed by atoms with E-state index >= 15 is 0 Å². The Hall–Kier alpha value is -3.85. The van der Waals surface area contributed by atoms with Gasteiger partial charge >= 0.3 is 17.9 Å². The van der Waals surface area contributed by atoms with Gasteiger partial charge in [0.2, 0.25) is 5.43 Å². The minimum atomic E-state index is -2.03. The Morgan fingerprint density at radius 3 is 2.17 bits per heavy atom. The molecule has 0 radical (unpaired) electrons. The van der Waals surface area contributed by atoms with Crippen molar-refractivity contribution in [1.82, 2.24) is 19.9 Å². The van der Waals surface area contributed by atoms with Gasteiger partial charge in [0, 0.05) is 83.6 Å². The van der Waals surface area contributed by atoms with Crippen molar-refractivity contribution >= 4 is 46.4 Å². The molecule has 23 heteroatoms. The van der Waals surface area contributed by atoms with E-state index in [1.165, 1.54) is 52.2 Å². The lowest BCUT2D eigenvalue weighted by atomic mass is 9.74. The number of aromatic carboxylic acids is 1. The van der Waals surface area contributed by atoms with Crippen molar-refractivity contribution < 1.29 is 77.5 Å². The summed E-state index contributed by atoms with van der Waals surface area (Å²) in [6.45, 7) is 17.7. The summed E-state index contributed by atoms with van der Waals surface area (Å²) in [6.07, 6.45) is -6.89. The fourth-order valence-corrected chi connectivity index (χ4v) is 12.1. The Labute approximate surface area is 457 Å². The van der Waals surface area contributed by atoms with Gasteiger partial charge in [-0.3, -0.25) is 23.9 Å². The zero-order chi connectivity index (χ0) is 57.6. The number of fused-ring (bicyclic) bond motifs is 1. The number of nitrogens with zero attached hydrogens (tertiary/aromatic N) is 4. The number of ether oxygens (including phenoxy) is 8. The summed E-state index contributed by atoms with van der Waals surface area (Å²) in [5, 5.41) is 50.5. The van der Waals surface area contributed by atoms with Gasteiger partial charge in [0.25, 0.3) is 0 Å². The van der Waals surface area contributed by atoms with Crippen molar-refractivity contribution in [2.45, 2.75) is 191 Å². The zero-order valence-corrected chi connectivity index (χ0v) is 48.7. The first-order valence-electron chi connectivity index (χ1n) is 26.7. The van der Waals surface area contributed by atoms with Crippen molar-refractivity contribution in [1.29, 1.82) is 0 Å². The molecule has 0 aliphatic carbocycles. The topological polar surface area (TPSA) is 276 Å². The number of nitrogens with one attached hydrogen (secondary N) is 1. The van der Waals surface area contributed by atoms with Gasteiger partial charge < -0.3 is 73.5 Å². The molecule has 5 heterocycles. The van der Waals surface area contributed by atoms with E-state index in [9.17, 15) is 44.4 Å². The number of hydrogen-bond donors (Lipinski definition) is 5. The van der Waals surface area contributed by atoms with Crippen molar-refractivity contribution in [3.63, 3.8) is 0 Å². The van der Waals surface area contributed by atoms with Crippen LogP contribution in [-0.4, -0.2) is 204 Å². The van der Waals surface area contributed by atoms with Gasteiger partial charge in [0.15, 0.2) is 18.7 Å². The minimum absolute atomic E-state index is 0.00200. The van der Waals surface area contributed by atoms with Gasteiger partial charge in [0.05, 0.1) is 70.6 Å². The third-order valence-electron chi connectivity index (χ3n) is 16.0. The van der Waals surface area contributed by atoms with Crippen LogP contribution in [0.15, 0.2) is 28.3 Å². The van der Waals surface area contributed by atoms with E-state index in [1.54, 1.807) is 71.4 Å². The van der Waals surface area contributed by atoms with Crippen LogP contribution in [-0.2, 0) is 52.3 Å². The van der Waals surface area contributed by atoms with E-state index in [4.69, 9.17) is 37.9 Å². The molecule has 3 fully saturated rings. The van der Waals surface area contributed by atoms with Crippen molar-refractivity contribution in [3.8, 4) is 0 Å². The molecule has 436 valence electrons. The Balaban J connectivity index is 1.35. The van der Waals surface area contributed by atoms with Crippen LogP contribution in [0, 0.1) is 23.7 Å². The molecule has 3 aliphatic heterocycles. The van der Waals surface area contributed by atoms with Crippen LogP contribution in [0.1, 0.15) is 112 Å². The summed E-state index contributed by atoms with van der Waals surface area (Å²) in [5.41, 5.74) is -5.03. The number of pyridine rings is 2. The summed E-state index contributed by atoms with van der Waals surface area (Å²) in [6, 6.07) is 1.24. The van der Waals surface area contributed by atoms with Gasteiger partial charge in [-0.2, -0.15) is 0 Å². The first-order chi connectivity index (χ1) is 36.0. The summed E-state index contributed by atoms with van der Waals surface area (Å²) >= 11 is 1.36. The second-order valence-electron chi connectivity index (χ2n) is 22.4. The average Bonchev–Trinajstić information content (AvgIpc) is 3.37. The number of carboxylic acids is 1. The smallest absolute Gasteiger partial charge is 0.341 e. The van der Waals surface area contributed by atoms with Crippen molar-refractivity contribution in [2.24, 2.45) is 23.7 Å². The number of thioether (sulfide) groups is 1. The number of cyclic esters (lactones) is 1. The number of rotatable bonds is 18. The lowest BCUT2D eigenvalue weighted by molar-refractivity contribution is -0.320. The third kappa shape index (κ3) is 14.6. The Kier molecular flexibility index (Phi) is 22.1. The molecule has 0 bridgehead atoms. The predicted molar refractivity (Wildman–Crippen MR) is 286 cm³/mol. The lowest BCUT2D eigenvalue weighted by Crippen LogP contribution is -2.61. The molecule has 5 unspecified atom stereocenters. The van der Waals surface area contributed by atoms with E-state index < -0.39 is 119 Å². The predicted octanol–water partition coefficient (Wildman–Crippen LogP) is 3.37. The summed E-state index contributed by atoms with van der Waals surface area (Å²) in [7, 11) is 10.2. The number of ketones is 1. The minimum Gasteiger partial charge on any atom is -0.477 e. The molecule has 3 saturated heterocycles. The standard InChI is InChI=1S/C54H87N5O17S/c1-17-38-54(10,68)46(64)30(4)42(61)28(2)24-52(8,69-15)47(76-51-44(63)36(57(11)12)22-29(3)71-51)31(5)45(32(6)50(67)73-38)75-41-25-53(9,70-16)48(33(7)72-41)74-40(60)18-19-55-20-21-77-39-23-34-37(26-56-39)59(58(13)14)27-35(43(34)62)49(65)66/h23,26-33,36,38,41,44-48,51,55,63-64,68H,17-22,24-25H2,1-16H3,(H,65,66)/t28-,29-,30+,31+,32?,33?,36+,38-,41+,44-,45+,46-,47?,48+,51+,52?,53-,54?/m1/s1. The largest absolute Gasteiger partial charge is 0.477 e. The number of aromatic nitrogens is 2. The SMILES string of the molecule is CC[C@H]1OC(=O)C(C)[C@@H](O[C@H]2C[C@@](C)(OC)[C@@H](OC(=O)CCNCCSc3cc4c(=O)c(C(=O)O)cn(N(C)C)c4cn3)C(C)O2)[C@H](C)C(O[C@@H]2O[C@H](C)C[C@H](N(C)C)[C@H]2O)C(C)(OC)C[C@@H](C)C(=O)[C@H](C)[C@@H](O)C1(C)O. The second kappa shape index (κ2) is 26.6. The Morgan fingerprint density at radius 1 is 0.922 bits per heavy atom. The second-order valence-corrected chi connectivity index (χ2v) is 23.5. The van der Waals surface area contributed by atoms with Crippen LogP contribution in [0.3, 0.4) is 0 Å². The monoisotopic (exact) mass is 1110 g/mol. The molecule has 77 heavy (non-hydrogen) atoms. The van der Waals surface area contributed by atoms with Crippen LogP contribution >= 0.6 is 11.8 Å². The third-order valence-corrected chi connectivity index (χ3v) is 17.0. The highest BCUT2D eigenvalue weighted by atomic mass is 32.2. The van der Waals surface area contributed by atoms with Gasteiger partial charge in [0.1, 0.15) is 34.8 Å². The van der Waals surface area contributed by atoms with E-state index in [0.717, 1.165) is 0 Å². The molecule has 18 atom stereocenters. The van der Waals surface area contributed by atoms with Crippen LogP contribution in [0.5, 0.6) is 0 Å². The number of aliphatic hydroxyl groups excluding tert-OH is 2. The summed E-state index contributed by atoms with van der Waals surface area (Å²) in [4.78, 5) is 73.5. The van der Waals surface area contributed by atoms with Gasteiger partial charge in [-0.05, 0) is 81.0 Å². The van der Waals surface area contributed by atoms with E-state index in [1.807, 2.05) is 32.8 Å². The summed E-state index contributed by atoms with van der Waals surface area (Å²) < 4.78 is 52.8. The lowest BCUT2D eigenvalue weighted by Gasteiger charge is -2.50. The fraction of sp³-hybridized carbons (Fsp3) is 0.778. The zero-order valence-electron chi connectivity index (χ0n) is 47.8. The highest BCUT2D eigenvalue weighted by Crippen LogP contribution is 2.42. The number of likely N-dealkylation sites (N-methyl/N-ethyl adjacent to an activating group) is 1. The van der Waals surface area contributed by atoms with Crippen molar-refractivity contribution in [2.75, 3.05) is 66.3 Å². The van der Waals surface area contributed by atoms with Crippen LogP contribution in [0.4, 0.5) is 0 Å². The molecule has 0 amide bonds. The molecular formula is C54H87N5O17S. The van der Waals surface area contributed by atoms with Crippen LogP contribution in [0.2, 0.25) is 0 Å². The first kappa shape index (κ1) is 64.0. The Morgan fingerprint density at radius 2 is 1.57 bits per heavy atom. The first-order valence-corrected chi connectivity index (χ1v) is 27.7. The van der Waals surface area contributed by atoms with Gasteiger partial charge in [-0.1, -0.05) is 27.7 Å². The molecular weight excluding hydrogens is 1020 g/mol. The van der Waals surface area contributed by atoms with Crippen LogP contribution in [0.25, 0.3) is 10.9 Å². The maximum absolute atomic E-state index is 14.6. The highest BCUT2D eigenvalue weighted by molar-refractivity contribution is 7.99. The normalized spacial score (nSPS) is 36.8. The molecule has 5 rings (SSSR count). The molecule has 5 N–H and O–H groups in total. The molecule has 22 nitrogen and oxygen atoms in total. The molecule has 0 aromatic carbocycles. The van der Waals surface area contributed by atoms with E-state index in [2.05, 4.69) is 10.3 Å². The molecule has 0 spiro atoms. The van der Waals surface area contributed by atoms with Gasteiger partial charge in [-0.25, -0.2) is 9.78 Å². The number of Topliss-reactive ketones (excluding diaryl/α,β-unsaturated/α-hetero) is 1. The number of carbonyl (C=O) groups is 4. The maximum atomic E-state index is 14.6. The fourth-order valence-electron chi connectivity index (χ4n) is 11.3. The number of carboxylic acid groups (broad SMARTS) is 1. The molecule has 2 aromatic heterocycles. The quantitative estimate of drug-likeness (QED) is 0.0813. The van der Waals surface area contributed by atoms with E-state index in [-0.39, 0.29) is 61.1 Å². The number of hydrogen-bond acceptors (Lipinski definition) is 21. The van der Waals surface area contributed by atoms with Gasteiger partial charge in [-0.15, -0.1) is 11.8 Å². The summed E-state index contributed by atoms with van der Waals surface area (Å²) in [5.74, 6) is -6.19. The average molecular weight is 1110 g/mol. The molecule has 0 saturated carbocycles. The molecule has 2 aromatic rings. The van der Waals surface area contributed by atoms with E-state index in [0.29, 0.717) is 29.3 Å². The molecule has 3 aliphatic rings.